The number of anilines is 2. The van der Waals surface area contributed by atoms with Gasteiger partial charge in [-0.1, -0.05) is 48.0 Å². The summed E-state index contributed by atoms with van der Waals surface area (Å²) in [6.45, 7) is 3.91. The fraction of sp³-hybridized carbons (Fsp3) is 0.0833. The second-order valence-electron chi connectivity index (χ2n) is 7.39. The normalized spacial score (nSPS) is 11.2. The van der Waals surface area contributed by atoms with Gasteiger partial charge in [-0.3, -0.25) is 0 Å². The lowest BCUT2D eigenvalue weighted by atomic mass is 10.00. The highest BCUT2D eigenvalue weighted by atomic mass is 35.5. The molecule has 3 N–H and O–H groups in total. The maximum atomic E-state index is 13.0. The van der Waals surface area contributed by atoms with Crippen molar-refractivity contribution in [1.82, 2.24) is 9.97 Å². The van der Waals surface area contributed by atoms with Crippen molar-refractivity contribution in [3.63, 3.8) is 0 Å². The van der Waals surface area contributed by atoms with E-state index in [0.29, 0.717) is 22.2 Å². The number of rotatable bonds is 6. The van der Waals surface area contributed by atoms with Crippen LogP contribution in [-0.4, -0.2) is 18.4 Å². The summed E-state index contributed by atoms with van der Waals surface area (Å²) in [5, 5.41) is 0.395. The van der Waals surface area contributed by atoms with Gasteiger partial charge in [0.15, 0.2) is 0 Å². The van der Waals surface area contributed by atoms with Crippen LogP contribution >= 0.6 is 11.6 Å². The summed E-state index contributed by atoms with van der Waals surface area (Å²) >= 11 is 6.23. The highest BCUT2D eigenvalue weighted by Gasteiger charge is 2.19. The number of para-hydroxylation sites is 1. The molecule has 7 nitrogen and oxygen atoms in total. The molecule has 0 unspecified atom stereocenters. The summed E-state index contributed by atoms with van der Waals surface area (Å²) in [4.78, 5) is 8.75. The zero-order chi connectivity index (χ0) is 23.6. The first kappa shape index (κ1) is 22.6. The number of ether oxygens (including phenoxy) is 1. The molecule has 4 aromatic rings. The van der Waals surface area contributed by atoms with E-state index in [9.17, 15) is 8.42 Å². The van der Waals surface area contributed by atoms with Crippen molar-refractivity contribution < 1.29 is 13.2 Å². The molecule has 0 spiro atoms. The van der Waals surface area contributed by atoms with Gasteiger partial charge in [0.2, 0.25) is 11.8 Å². The minimum Gasteiger partial charge on any atom is -0.437 e. The van der Waals surface area contributed by atoms with Crippen molar-refractivity contribution >= 4 is 33.3 Å². The number of hydrogen-bond donors (Lipinski definition) is 2. The summed E-state index contributed by atoms with van der Waals surface area (Å²) in [5.41, 5.74) is 9.39. The zero-order valence-electron chi connectivity index (χ0n) is 17.9. The van der Waals surface area contributed by atoms with Crippen LogP contribution in [0.3, 0.4) is 0 Å². The Kier molecular flexibility index (Phi) is 6.22. The first-order valence-electron chi connectivity index (χ1n) is 9.99. The van der Waals surface area contributed by atoms with E-state index < -0.39 is 10.0 Å². The van der Waals surface area contributed by atoms with Crippen LogP contribution in [0.25, 0.3) is 11.3 Å². The number of nitrogens with one attached hydrogen (secondary N) is 1. The quantitative estimate of drug-likeness (QED) is 0.348. The molecule has 0 radical (unpaired) electrons. The Morgan fingerprint density at radius 2 is 1.61 bits per heavy atom. The predicted octanol–water partition coefficient (Wildman–Crippen LogP) is 5.59. The maximum Gasteiger partial charge on any atom is 0.264 e. The summed E-state index contributed by atoms with van der Waals surface area (Å²) in [6.07, 6.45) is 0. The fourth-order valence-electron chi connectivity index (χ4n) is 3.37. The molecule has 33 heavy (non-hydrogen) atoms. The number of nitrogens with zero attached hydrogens (tertiary/aromatic N) is 2. The van der Waals surface area contributed by atoms with Crippen molar-refractivity contribution in [3.05, 3.63) is 88.9 Å². The highest BCUT2D eigenvalue weighted by Crippen LogP contribution is 2.33. The molecule has 0 saturated carbocycles. The van der Waals surface area contributed by atoms with Gasteiger partial charge in [0.05, 0.1) is 15.6 Å². The van der Waals surface area contributed by atoms with Gasteiger partial charge in [0, 0.05) is 17.3 Å². The smallest absolute Gasteiger partial charge is 0.264 e. The van der Waals surface area contributed by atoms with E-state index in [1.54, 1.807) is 42.5 Å². The zero-order valence-corrected chi connectivity index (χ0v) is 19.5. The number of aryl methyl sites for hydroxylation is 2. The lowest BCUT2D eigenvalue weighted by Crippen LogP contribution is -2.16. The Bertz CT molecular complexity index is 1420. The van der Waals surface area contributed by atoms with E-state index in [1.807, 2.05) is 32.0 Å². The van der Waals surface area contributed by atoms with E-state index in [2.05, 4.69) is 14.7 Å². The third kappa shape index (κ3) is 5.08. The maximum absolute atomic E-state index is 13.0. The molecule has 0 atom stereocenters. The molecule has 168 valence electrons. The van der Waals surface area contributed by atoms with E-state index in [0.717, 1.165) is 16.7 Å². The van der Waals surface area contributed by atoms with Crippen LogP contribution in [0.1, 0.15) is 11.1 Å². The molecule has 1 aromatic heterocycles. The largest absolute Gasteiger partial charge is 0.437 e. The van der Waals surface area contributed by atoms with Gasteiger partial charge in [-0.2, -0.15) is 4.98 Å². The van der Waals surface area contributed by atoms with Crippen molar-refractivity contribution in [1.29, 1.82) is 0 Å². The van der Waals surface area contributed by atoms with Gasteiger partial charge in [-0.25, -0.2) is 18.1 Å². The lowest BCUT2D eigenvalue weighted by Gasteiger charge is -2.14. The number of hydrogen-bond acceptors (Lipinski definition) is 6. The van der Waals surface area contributed by atoms with Crippen molar-refractivity contribution in [2.24, 2.45) is 0 Å². The predicted molar refractivity (Wildman–Crippen MR) is 130 cm³/mol. The average Bonchev–Trinajstić information content (AvgIpc) is 2.75. The monoisotopic (exact) mass is 480 g/mol. The van der Waals surface area contributed by atoms with Crippen LogP contribution in [0.4, 0.5) is 11.6 Å². The van der Waals surface area contributed by atoms with Gasteiger partial charge in [0.1, 0.15) is 5.75 Å². The minimum absolute atomic E-state index is 0.00264. The first-order valence-corrected chi connectivity index (χ1v) is 11.9. The van der Waals surface area contributed by atoms with Gasteiger partial charge >= 0.3 is 0 Å². The van der Waals surface area contributed by atoms with Gasteiger partial charge in [-0.05, 0) is 55.3 Å². The molecule has 0 amide bonds. The van der Waals surface area contributed by atoms with Crippen LogP contribution in [0.15, 0.2) is 77.7 Å². The third-order valence-corrected chi connectivity index (χ3v) is 6.52. The van der Waals surface area contributed by atoms with Crippen LogP contribution in [-0.2, 0) is 10.0 Å². The van der Waals surface area contributed by atoms with E-state index in [1.165, 1.54) is 12.1 Å². The molecule has 4 rings (SSSR count). The highest BCUT2D eigenvalue weighted by molar-refractivity contribution is 7.92. The fourth-order valence-corrected chi connectivity index (χ4v) is 4.54. The topological polar surface area (TPSA) is 107 Å². The number of aromatic nitrogens is 2. The molecule has 0 aliphatic heterocycles. The molecular weight excluding hydrogens is 460 g/mol. The van der Waals surface area contributed by atoms with Crippen LogP contribution in [0.5, 0.6) is 11.6 Å². The Morgan fingerprint density at radius 1 is 0.909 bits per heavy atom. The minimum atomic E-state index is -3.99. The summed E-state index contributed by atoms with van der Waals surface area (Å²) in [5.74, 6) is 0.385. The second kappa shape index (κ2) is 9.09. The number of nitrogens with two attached hydrogens (primary N) is 1. The molecule has 0 bridgehead atoms. The van der Waals surface area contributed by atoms with Crippen molar-refractivity contribution in [3.8, 4) is 22.9 Å². The third-order valence-electron chi connectivity index (χ3n) is 4.89. The van der Waals surface area contributed by atoms with Crippen LogP contribution in [0, 0.1) is 13.8 Å². The van der Waals surface area contributed by atoms with Gasteiger partial charge in [-0.15, -0.1) is 0 Å². The number of nitrogen functional groups attached to an aromatic ring is 1. The SMILES string of the molecule is Cc1cccc(C)c1-c1cc(Oc2ccccc2Cl)nc(NS(=O)(=O)c2cccc(N)c2)n1. The second-order valence-corrected chi connectivity index (χ2v) is 9.48. The molecule has 0 aliphatic carbocycles. The van der Waals surface area contributed by atoms with E-state index in [4.69, 9.17) is 22.1 Å². The summed E-state index contributed by atoms with van der Waals surface area (Å²) in [7, 11) is -3.99. The van der Waals surface area contributed by atoms with Crippen LogP contribution < -0.4 is 15.2 Å². The standard InChI is InChI=1S/C24H21ClN4O3S/c1-15-7-5-8-16(2)23(15)20-14-22(32-21-12-4-3-11-19(21)25)28-24(27-20)29-33(30,31)18-10-6-9-17(26)13-18/h3-14H,26H2,1-2H3,(H,27,28,29). The lowest BCUT2D eigenvalue weighted by molar-refractivity contribution is 0.463. The molecular formula is C24H21ClN4O3S. The molecule has 3 aromatic carbocycles. The molecule has 1 heterocycles. The van der Waals surface area contributed by atoms with Crippen LogP contribution in [0.2, 0.25) is 5.02 Å². The van der Waals surface area contributed by atoms with Crippen molar-refractivity contribution in [2.75, 3.05) is 10.5 Å². The van der Waals surface area contributed by atoms with E-state index in [-0.39, 0.29) is 16.7 Å². The molecule has 0 fully saturated rings. The Labute approximate surface area is 197 Å². The number of benzene rings is 3. The molecule has 0 saturated heterocycles. The Morgan fingerprint density at radius 3 is 2.30 bits per heavy atom. The van der Waals surface area contributed by atoms with E-state index >= 15 is 0 Å². The Hall–Kier alpha value is -3.62. The van der Waals surface area contributed by atoms with Gasteiger partial charge < -0.3 is 10.5 Å². The first-order chi connectivity index (χ1) is 15.7. The Balaban J connectivity index is 1.81. The average molecular weight is 481 g/mol. The van der Waals surface area contributed by atoms with Gasteiger partial charge in [0.25, 0.3) is 10.0 Å². The number of halogens is 1. The number of sulfonamides is 1. The summed E-state index contributed by atoms with van der Waals surface area (Å²) in [6, 6.07) is 20.4. The van der Waals surface area contributed by atoms with Crippen molar-refractivity contribution in [2.45, 2.75) is 18.7 Å². The molecule has 0 aliphatic rings. The summed E-state index contributed by atoms with van der Waals surface area (Å²) < 4.78 is 34.2. The molecule has 9 heteroatoms.